The average molecular weight is 1260 g/mol. The Hall–Kier alpha value is -7.92. The van der Waals surface area contributed by atoms with E-state index in [0.29, 0.717) is 100 Å². The molecule has 3 N–H and O–H groups in total. The van der Waals surface area contributed by atoms with Crippen LogP contribution >= 0.6 is 0 Å². The number of carboxylic acids is 1. The molecule has 18 nitrogen and oxygen atoms in total. The molecule has 2 saturated carbocycles. The lowest BCUT2D eigenvalue weighted by Crippen LogP contribution is -2.35. The molecule has 0 atom stereocenters. The molecule has 0 amide bonds. The zero-order valence-electron chi connectivity index (χ0n) is 54.4. The van der Waals surface area contributed by atoms with Gasteiger partial charge in [0.1, 0.15) is 36.5 Å². The van der Waals surface area contributed by atoms with Crippen LogP contribution in [-0.4, -0.2) is 117 Å². The van der Waals surface area contributed by atoms with Crippen LogP contribution in [0.4, 0.5) is 11.6 Å². The van der Waals surface area contributed by atoms with Crippen molar-refractivity contribution in [2.75, 3.05) is 43.9 Å². The molecule has 6 aromatic heterocycles. The summed E-state index contributed by atoms with van der Waals surface area (Å²) in [6.45, 7) is 30.2. The SMILES string of the molecule is C=C(OCC)c1c(C2CCC(C(=O)OC(C)(C)C)CC2)nc2c(-c3ccc(-c4ccccc4)nc3)cnn2c1N(COCC[Si](C)(C)C)COCC[Si](C)(C)C.CC(=O)c1c(C2CCC(C(=O)O)CC2)nc2c(-c3ccc(-c4ccccc4)nc3)cnn2c1N. The molecule has 90 heavy (non-hydrogen) atoms. The van der Waals surface area contributed by atoms with Crippen LogP contribution in [0.5, 0.6) is 0 Å². The minimum absolute atomic E-state index is 0.0249. The molecule has 20 heteroatoms. The van der Waals surface area contributed by atoms with E-state index >= 15 is 0 Å². The summed E-state index contributed by atoms with van der Waals surface area (Å²) >= 11 is 0. The number of aromatic nitrogens is 8. The summed E-state index contributed by atoms with van der Waals surface area (Å²) in [5, 5.41) is 18.8. The number of ketones is 1. The zero-order chi connectivity index (χ0) is 64.5. The van der Waals surface area contributed by atoms with E-state index in [1.165, 1.54) is 11.4 Å². The number of nitrogens with zero attached hydrogens (tertiary/aromatic N) is 9. The van der Waals surface area contributed by atoms with Crippen LogP contribution in [0, 0.1) is 11.8 Å². The highest BCUT2D eigenvalue weighted by atomic mass is 28.3. The number of carbonyl (C=O) groups excluding carboxylic acids is 2. The van der Waals surface area contributed by atoms with Gasteiger partial charge in [-0.25, -0.2) is 9.97 Å². The molecule has 2 aromatic carbocycles. The number of hydrogen-bond donors (Lipinski definition) is 2. The second kappa shape index (κ2) is 28.9. The van der Waals surface area contributed by atoms with Crippen LogP contribution < -0.4 is 10.6 Å². The Morgan fingerprint density at radius 1 is 0.633 bits per heavy atom. The minimum Gasteiger partial charge on any atom is -0.494 e. The van der Waals surface area contributed by atoms with Crippen molar-refractivity contribution in [3.8, 4) is 44.8 Å². The molecule has 2 aliphatic rings. The Balaban J connectivity index is 0.000000239. The lowest BCUT2D eigenvalue weighted by atomic mass is 9.79. The van der Waals surface area contributed by atoms with E-state index in [1.807, 2.05) is 111 Å². The molecule has 0 unspecified atom stereocenters. The van der Waals surface area contributed by atoms with Crippen LogP contribution in [0.25, 0.3) is 61.8 Å². The van der Waals surface area contributed by atoms with E-state index in [0.717, 1.165) is 86.8 Å². The third-order valence-electron chi connectivity index (χ3n) is 16.7. The predicted octanol–water partition coefficient (Wildman–Crippen LogP) is 15.1. The number of ether oxygens (including phenoxy) is 4. The largest absolute Gasteiger partial charge is 0.494 e. The van der Waals surface area contributed by atoms with Gasteiger partial charge in [0.2, 0.25) is 0 Å². The fourth-order valence-corrected chi connectivity index (χ4v) is 13.2. The van der Waals surface area contributed by atoms with Gasteiger partial charge in [-0.1, -0.05) is 119 Å². The standard InChI is InChI=1S/C44H65N5O5Si2.C26H25N5O3/c1-12-53-32(2)39-40(34-18-20-35(21-19-34)43(50)54-44(3,4)5)47-41-37(36-22-23-38(45-28-36)33-16-14-13-15-17-33)29-46-49(41)42(39)48(30-51-24-26-55(6,7)8)31-52-25-27-56(9,10)11;1-15(32)22-23(17-7-9-18(10-8-17)26(33)34)30-25-20(14-29-31(25)24(22)27)19-11-12-21(28-13-19)16-5-3-2-4-6-16/h13-17,22-23,28-29,34-35H,2,12,18-21,24-27,30-31H2,1,3-11H3;2-6,11-14,17-18H,7-10,27H2,1H3,(H,33,34). The Bertz CT molecular complexity index is 3740. The van der Waals surface area contributed by atoms with Crippen molar-refractivity contribution in [3.63, 3.8) is 0 Å². The molecular formula is C70H90N10O8Si2. The topological polar surface area (TPSA) is 224 Å². The summed E-state index contributed by atoms with van der Waals surface area (Å²) in [7, 11) is -2.67. The van der Waals surface area contributed by atoms with Crippen molar-refractivity contribution in [3.05, 3.63) is 139 Å². The van der Waals surface area contributed by atoms with Crippen LogP contribution in [0.15, 0.2) is 116 Å². The van der Waals surface area contributed by atoms with Gasteiger partial charge < -0.3 is 34.7 Å². The van der Waals surface area contributed by atoms with Gasteiger partial charge >= 0.3 is 11.9 Å². The number of hydrogen-bond acceptors (Lipinski definition) is 15. The van der Waals surface area contributed by atoms with E-state index in [9.17, 15) is 19.5 Å². The van der Waals surface area contributed by atoms with Gasteiger partial charge in [-0.2, -0.15) is 19.2 Å². The molecule has 6 heterocycles. The molecule has 476 valence electrons. The first-order valence-electron chi connectivity index (χ1n) is 31.7. The third kappa shape index (κ3) is 16.5. The maximum Gasteiger partial charge on any atom is 0.309 e. The Labute approximate surface area is 531 Å². The Morgan fingerprint density at radius 3 is 1.51 bits per heavy atom. The number of Topliss-reactive ketones (excluding diaryl/α,β-unsaturated/α-hetero) is 1. The minimum atomic E-state index is -1.33. The van der Waals surface area contributed by atoms with Crippen molar-refractivity contribution in [2.45, 2.75) is 155 Å². The van der Waals surface area contributed by atoms with Gasteiger partial charge in [0.05, 0.1) is 64.7 Å². The summed E-state index contributed by atoms with van der Waals surface area (Å²) in [4.78, 5) is 59.0. The maximum atomic E-state index is 13.2. The normalized spacial score (nSPS) is 17.1. The van der Waals surface area contributed by atoms with E-state index in [2.05, 4.69) is 79.0 Å². The summed E-state index contributed by atoms with van der Waals surface area (Å²) < 4.78 is 28.4. The maximum absolute atomic E-state index is 13.2. The molecule has 0 aliphatic heterocycles. The summed E-state index contributed by atoms with van der Waals surface area (Å²) in [6, 6.07) is 30.3. The van der Waals surface area contributed by atoms with Crippen molar-refractivity contribution in [2.24, 2.45) is 11.8 Å². The van der Waals surface area contributed by atoms with Crippen molar-refractivity contribution in [1.82, 2.24) is 39.2 Å². The van der Waals surface area contributed by atoms with Gasteiger partial charge in [-0.05, 0) is 110 Å². The third-order valence-corrected chi connectivity index (χ3v) is 20.1. The molecule has 2 fully saturated rings. The number of nitrogens with two attached hydrogens (primary N) is 1. The molecular weight excluding hydrogens is 1170 g/mol. The second-order valence-corrected chi connectivity index (χ2v) is 38.5. The molecule has 0 radical (unpaired) electrons. The highest BCUT2D eigenvalue weighted by Crippen LogP contribution is 2.44. The number of esters is 1. The highest BCUT2D eigenvalue weighted by Gasteiger charge is 2.36. The van der Waals surface area contributed by atoms with Gasteiger partial charge in [0.15, 0.2) is 17.1 Å². The first-order valence-corrected chi connectivity index (χ1v) is 39.1. The molecule has 8 aromatic rings. The molecule has 0 bridgehead atoms. The van der Waals surface area contributed by atoms with Crippen molar-refractivity contribution < 1.29 is 38.4 Å². The van der Waals surface area contributed by atoms with Crippen LogP contribution in [0.2, 0.25) is 51.4 Å². The monoisotopic (exact) mass is 1250 g/mol. The van der Waals surface area contributed by atoms with E-state index in [-0.39, 0.29) is 41.2 Å². The lowest BCUT2D eigenvalue weighted by molar-refractivity contribution is -0.161. The zero-order valence-corrected chi connectivity index (χ0v) is 56.4. The number of benzene rings is 2. The molecule has 0 spiro atoms. The molecule has 2 aliphatic carbocycles. The van der Waals surface area contributed by atoms with Gasteiger partial charge in [-0.15, -0.1) is 0 Å². The number of nitrogen functional groups attached to an aromatic ring is 1. The summed E-state index contributed by atoms with van der Waals surface area (Å²) in [6.07, 6.45) is 12.6. The van der Waals surface area contributed by atoms with Gasteiger partial charge in [0, 0.05) is 87.0 Å². The highest BCUT2D eigenvalue weighted by molar-refractivity contribution is 6.76. The first kappa shape index (κ1) is 66.5. The van der Waals surface area contributed by atoms with Crippen LogP contribution in [0.3, 0.4) is 0 Å². The van der Waals surface area contributed by atoms with Gasteiger partial charge in [0.25, 0.3) is 0 Å². The van der Waals surface area contributed by atoms with Crippen LogP contribution in [0.1, 0.15) is 125 Å². The number of rotatable bonds is 23. The lowest BCUT2D eigenvalue weighted by Gasteiger charge is -2.33. The number of anilines is 2. The smallest absolute Gasteiger partial charge is 0.309 e. The van der Waals surface area contributed by atoms with Crippen molar-refractivity contribution in [1.29, 1.82) is 0 Å². The number of fused-ring (bicyclic) bond motifs is 2. The van der Waals surface area contributed by atoms with E-state index in [1.54, 1.807) is 12.4 Å². The Morgan fingerprint density at radius 2 is 1.09 bits per heavy atom. The summed E-state index contributed by atoms with van der Waals surface area (Å²) in [5.74, 6) is 0.0250. The number of aliphatic carboxylic acids is 1. The van der Waals surface area contributed by atoms with Gasteiger partial charge in [-0.3, -0.25) is 24.4 Å². The fraction of sp³-hybridized carbons (Fsp3) is 0.443. The van der Waals surface area contributed by atoms with Crippen molar-refractivity contribution >= 4 is 62.6 Å². The number of carboxylic acid groups (broad SMARTS) is 1. The van der Waals surface area contributed by atoms with Crippen LogP contribution in [-0.2, 0) is 28.5 Å². The summed E-state index contributed by atoms with van der Waals surface area (Å²) in [5.41, 5.74) is 17.1. The quantitative estimate of drug-likeness (QED) is 0.0152. The Kier molecular flexibility index (Phi) is 21.4. The van der Waals surface area contributed by atoms with E-state index in [4.69, 9.17) is 44.7 Å². The number of carbonyl (C=O) groups is 3. The first-order chi connectivity index (χ1) is 42.9. The average Bonchev–Trinajstić information content (AvgIpc) is 1.48. The number of pyridine rings is 2. The molecule has 0 saturated heterocycles. The predicted molar refractivity (Wildman–Crippen MR) is 362 cm³/mol. The van der Waals surface area contributed by atoms with E-state index < -0.39 is 27.7 Å². The fourth-order valence-electron chi connectivity index (χ4n) is 11.7. The molecule has 10 rings (SSSR count). The second-order valence-electron chi connectivity index (χ2n) is 27.3.